The summed E-state index contributed by atoms with van der Waals surface area (Å²) < 4.78 is 5.65. The van der Waals surface area contributed by atoms with Gasteiger partial charge in [0, 0.05) is 18.4 Å². The summed E-state index contributed by atoms with van der Waals surface area (Å²) in [6.45, 7) is 0. The van der Waals surface area contributed by atoms with Crippen LogP contribution in [0.25, 0.3) is 11.5 Å². The van der Waals surface area contributed by atoms with Crippen molar-refractivity contribution in [3.63, 3.8) is 0 Å². The standard InChI is InChI=1S/C20H19N3O2/c24-17(21-20(13-14-20)16-9-5-2-6-10-16)11-12-18-22-23-19(25-18)15-7-3-1-4-8-15/h1-10H,11-14H2,(H,21,24). The van der Waals surface area contributed by atoms with Crippen molar-refractivity contribution in [2.24, 2.45) is 0 Å². The van der Waals surface area contributed by atoms with Gasteiger partial charge in [-0.3, -0.25) is 4.79 Å². The predicted octanol–water partition coefficient (Wildman–Crippen LogP) is 3.47. The van der Waals surface area contributed by atoms with Crippen molar-refractivity contribution in [1.29, 1.82) is 0 Å². The lowest BCUT2D eigenvalue weighted by Crippen LogP contribution is -2.34. The van der Waals surface area contributed by atoms with E-state index < -0.39 is 0 Å². The van der Waals surface area contributed by atoms with Gasteiger partial charge < -0.3 is 9.73 Å². The molecule has 2 aromatic carbocycles. The molecule has 5 heteroatoms. The number of aryl methyl sites for hydroxylation is 1. The summed E-state index contributed by atoms with van der Waals surface area (Å²) >= 11 is 0. The lowest BCUT2D eigenvalue weighted by atomic mass is 10.0. The van der Waals surface area contributed by atoms with Crippen LogP contribution in [0.5, 0.6) is 0 Å². The summed E-state index contributed by atoms with van der Waals surface area (Å²) in [6, 6.07) is 19.7. The summed E-state index contributed by atoms with van der Waals surface area (Å²) in [5, 5.41) is 11.3. The minimum Gasteiger partial charge on any atom is -0.421 e. The van der Waals surface area contributed by atoms with Gasteiger partial charge in [-0.15, -0.1) is 10.2 Å². The van der Waals surface area contributed by atoms with Crippen LogP contribution in [0.15, 0.2) is 65.1 Å². The maximum atomic E-state index is 12.3. The van der Waals surface area contributed by atoms with E-state index in [1.54, 1.807) is 0 Å². The van der Waals surface area contributed by atoms with Gasteiger partial charge >= 0.3 is 0 Å². The largest absolute Gasteiger partial charge is 0.421 e. The first kappa shape index (κ1) is 15.6. The number of nitrogens with one attached hydrogen (secondary N) is 1. The summed E-state index contributed by atoms with van der Waals surface area (Å²) in [5.74, 6) is 0.985. The molecule has 0 aliphatic heterocycles. The molecule has 0 radical (unpaired) electrons. The van der Waals surface area contributed by atoms with Gasteiger partial charge in [-0.2, -0.15) is 0 Å². The van der Waals surface area contributed by atoms with Crippen LogP contribution in [0.1, 0.15) is 30.7 Å². The maximum Gasteiger partial charge on any atom is 0.247 e. The molecule has 0 saturated heterocycles. The molecular weight excluding hydrogens is 314 g/mol. The molecule has 1 heterocycles. The van der Waals surface area contributed by atoms with Crippen LogP contribution < -0.4 is 5.32 Å². The molecule has 0 bridgehead atoms. The summed E-state index contributed by atoms with van der Waals surface area (Å²) in [6.07, 6.45) is 2.75. The van der Waals surface area contributed by atoms with Crippen LogP contribution in [-0.4, -0.2) is 16.1 Å². The number of carbonyl (C=O) groups excluding carboxylic acids is 1. The Kier molecular flexibility index (Phi) is 4.06. The number of aromatic nitrogens is 2. The van der Waals surface area contributed by atoms with Crippen molar-refractivity contribution >= 4 is 5.91 Å². The molecule has 126 valence electrons. The Labute approximate surface area is 146 Å². The fourth-order valence-corrected chi connectivity index (χ4v) is 2.97. The van der Waals surface area contributed by atoms with E-state index in [2.05, 4.69) is 27.6 Å². The number of rotatable bonds is 6. The van der Waals surface area contributed by atoms with Gasteiger partial charge in [-0.05, 0) is 30.5 Å². The molecule has 1 saturated carbocycles. The first-order chi connectivity index (χ1) is 12.3. The minimum absolute atomic E-state index is 0.0146. The van der Waals surface area contributed by atoms with E-state index in [4.69, 9.17) is 4.42 Å². The molecule has 1 fully saturated rings. The molecular formula is C20H19N3O2. The number of nitrogens with zero attached hydrogens (tertiary/aromatic N) is 2. The predicted molar refractivity (Wildman–Crippen MR) is 93.6 cm³/mol. The van der Waals surface area contributed by atoms with E-state index in [9.17, 15) is 4.79 Å². The third-order valence-electron chi connectivity index (χ3n) is 4.51. The van der Waals surface area contributed by atoms with E-state index in [0.717, 1.165) is 18.4 Å². The Morgan fingerprint density at radius 1 is 1.00 bits per heavy atom. The topological polar surface area (TPSA) is 68.0 Å². The van der Waals surface area contributed by atoms with Gasteiger partial charge in [0.1, 0.15) is 0 Å². The van der Waals surface area contributed by atoms with Gasteiger partial charge in [0.25, 0.3) is 0 Å². The van der Waals surface area contributed by atoms with Gasteiger partial charge in [-0.1, -0.05) is 48.5 Å². The summed E-state index contributed by atoms with van der Waals surface area (Å²) in [5.41, 5.74) is 1.88. The van der Waals surface area contributed by atoms with Crippen molar-refractivity contribution in [1.82, 2.24) is 15.5 Å². The Bertz CT molecular complexity index is 855. The lowest BCUT2D eigenvalue weighted by molar-refractivity contribution is -0.122. The lowest BCUT2D eigenvalue weighted by Gasteiger charge is -2.17. The second-order valence-corrected chi connectivity index (χ2v) is 6.36. The SMILES string of the molecule is O=C(CCc1nnc(-c2ccccc2)o1)NC1(c2ccccc2)CC1. The molecule has 0 unspecified atom stereocenters. The average Bonchev–Trinajstić information content (AvgIpc) is 3.28. The minimum atomic E-state index is -0.178. The van der Waals surface area contributed by atoms with Crippen molar-refractivity contribution < 1.29 is 9.21 Å². The molecule has 1 amide bonds. The van der Waals surface area contributed by atoms with Crippen molar-refractivity contribution in [2.75, 3.05) is 0 Å². The van der Waals surface area contributed by atoms with Crippen LogP contribution >= 0.6 is 0 Å². The van der Waals surface area contributed by atoms with E-state index >= 15 is 0 Å². The zero-order valence-electron chi connectivity index (χ0n) is 13.8. The number of hydrogen-bond donors (Lipinski definition) is 1. The van der Waals surface area contributed by atoms with Gasteiger partial charge in [0.2, 0.25) is 17.7 Å². The monoisotopic (exact) mass is 333 g/mol. The third-order valence-corrected chi connectivity index (χ3v) is 4.51. The highest BCUT2D eigenvalue weighted by molar-refractivity contribution is 5.77. The zero-order chi connectivity index (χ0) is 17.1. The smallest absolute Gasteiger partial charge is 0.247 e. The Hall–Kier alpha value is -2.95. The van der Waals surface area contributed by atoms with Crippen LogP contribution in [0.2, 0.25) is 0 Å². The van der Waals surface area contributed by atoms with E-state index in [1.165, 1.54) is 5.56 Å². The second-order valence-electron chi connectivity index (χ2n) is 6.36. The molecule has 1 N–H and O–H groups in total. The number of amides is 1. The highest BCUT2D eigenvalue weighted by atomic mass is 16.4. The quantitative estimate of drug-likeness (QED) is 0.750. The van der Waals surface area contributed by atoms with Crippen LogP contribution in [0.4, 0.5) is 0 Å². The molecule has 1 aromatic heterocycles. The van der Waals surface area contributed by atoms with Gasteiger partial charge in [0.15, 0.2) is 0 Å². The Balaban J connectivity index is 1.35. The fourth-order valence-electron chi connectivity index (χ4n) is 2.97. The summed E-state index contributed by atoms with van der Waals surface area (Å²) in [4.78, 5) is 12.3. The molecule has 1 aliphatic carbocycles. The molecule has 0 spiro atoms. The molecule has 4 rings (SSSR count). The zero-order valence-corrected chi connectivity index (χ0v) is 13.8. The van der Waals surface area contributed by atoms with E-state index in [1.807, 2.05) is 48.5 Å². The van der Waals surface area contributed by atoms with Crippen LogP contribution in [0, 0.1) is 0 Å². The second kappa shape index (κ2) is 6.51. The van der Waals surface area contributed by atoms with Crippen molar-refractivity contribution in [3.05, 3.63) is 72.1 Å². The van der Waals surface area contributed by atoms with Crippen LogP contribution in [-0.2, 0) is 16.8 Å². The number of benzene rings is 2. The molecule has 1 aliphatic rings. The van der Waals surface area contributed by atoms with Crippen molar-refractivity contribution in [3.8, 4) is 11.5 Å². The van der Waals surface area contributed by atoms with Crippen molar-refractivity contribution in [2.45, 2.75) is 31.2 Å². The third kappa shape index (κ3) is 3.45. The van der Waals surface area contributed by atoms with E-state index in [0.29, 0.717) is 24.6 Å². The average molecular weight is 333 g/mol. The molecule has 25 heavy (non-hydrogen) atoms. The number of carbonyl (C=O) groups is 1. The van der Waals surface area contributed by atoms with Crippen LogP contribution in [0.3, 0.4) is 0 Å². The maximum absolute atomic E-state index is 12.3. The van der Waals surface area contributed by atoms with Gasteiger partial charge in [0.05, 0.1) is 5.54 Å². The fraction of sp³-hybridized carbons (Fsp3) is 0.250. The highest BCUT2D eigenvalue weighted by Crippen LogP contribution is 2.45. The Morgan fingerprint density at radius 3 is 2.36 bits per heavy atom. The normalized spacial score (nSPS) is 14.9. The first-order valence-electron chi connectivity index (χ1n) is 8.50. The first-order valence-corrected chi connectivity index (χ1v) is 8.50. The molecule has 3 aromatic rings. The van der Waals surface area contributed by atoms with Gasteiger partial charge in [-0.25, -0.2) is 0 Å². The van der Waals surface area contributed by atoms with E-state index in [-0.39, 0.29) is 11.4 Å². The molecule has 5 nitrogen and oxygen atoms in total. The summed E-state index contributed by atoms with van der Waals surface area (Å²) in [7, 11) is 0. The highest BCUT2D eigenvalue weighted by Gasteiger charge is 2.45. The molecule has 0 atom stereocenters. The Morgan fingerprint density at radius 2 is 1.68 bits per heavy atom. The number of hydrogen-bond acceptors (Lipinski definition) is 4.